The maximum absolute atomic E-state index is 13.2. The fourth-order valence-corrected chi connectivity index (χ4v) is 5.57. The van der Waals surface area contributed by atoms with Gasteiger partial charge in [-0.25, -0.2) is 8.42 Å². The lowest BCUT2D eigenvalue weighted by molar-refractivity contribution is -0.118. The third-order valence-corrected chi connectivity index (χ3v) is 7.89. The van der Waals surface area contributed by atoms with Crippen molar-refractivity contribution in [1.29, 1.82) is 0 Å². The van der Waals surface area contributed by atoms with Crippen molar-refractivity contribution in [3.05, 3.63) is 47.5 Å². The standard InChI is InChI=1S/C24H31N3O5S/c1-18-5-6-19(2)23(15-18)32-17-24(28)25-21-16-20(7-8-22(21)26-9-3-4-10-26)33(29,30)27-11-13-31-14-12-27/h5-8,15-16H,3-4,9-14,17H2,1-2H3,(H,25,28). The topological polar surface area (TPSA) is 88.2 Å². The molecule has 2 aliphatic heterocycles. The van der Waals surface area contributed by atoms with E-state index >= 15 is 0 Å². The molecule has 9 heteroatoms. The van der Waals surface area contributed by atoms with Gasteiger partial charge >= 0.3 is 0 Å². The molecule has 0 saturated carbocycles. The molecule has 0 spiro atoms. The van der Waals surface area contributed by atoms with Crippen LogP contribution in [0.25, 0.3) is 0 Å². The minimum atomic E-state index is -3.67. The summed E-state index contributed by atoms with van der Waals surface area (Å²) >= 11 is 0. The van der Waals surface area contributed by atoms with Crippen molar-refractivity contribution in [2.75, 3.05) is 56.2 Å². The molecular formula is C24H31N3O5S. The van der Waals surface area contributed by atoms with E-state index in [1.54, 1.807) is 18.2 Å². The molecule has 0 atom stereocenters. The molecule has 2 aromatic carbocycles. The summed E-state index contributed by atoms with van der Waals surface area (Å²) in [6, 6.07) is 10.8. The van der Waals surface area contributed by atoms with Gasteiger partial charge in [0.1, 0.15) is 5.75 Å². The number of nitrogens with one attached hydrogen (secondary N) is 1. The molecule has 8 nitrogen and oxygen atoms in total. The summed E-state index contributed by atoms with van der Waals surface area (Å²) < 4.78 is 38.8. The number of carbonyl (C=O) groups excluding carboxylic acids is 1. The number of rotatable bonds is 7. The number of carbonyl (C=O) groups is 1. The normalized spacial score (nSPS) is 17.2. The smallest absolute Gasteiger partial charge is 0.262 e. The van der Waals surface area contributed by atoms with E-state index in [0.29, 0.717) is 37.7 Å². The lowest BCUT2D eigenvalue weighted by Gasteiger charge is -2.27. The van der Waals surface area contributed by atoms with Gasteiger partial charge in [-0.05, 0) is 62.1 Å². The zero-order valence-electron chi connectivity index (χ0n) is 19.2. The molecule has 0 bridgehead atoms. The molecule has 1 amide bonds. The lowest BCUT2D eigenvalue weighted by atomic mass is 10.1. The average Bonchev–Trinajstić information content (AvgIpc) is 3.35. The number of anilines is 2. The maximum atomic E-state index is 13.2. The zero-order chi connectivity index (χ0) is 23.4. The summed E-state index contributed by atoms with van der Waals surface area (Å²) in [5.41, 5.74) is 3.31. The molecule has 2 heterocycles. The van der Waals surface area contributed by atoms with Gasteiger partial charge in [-0.2, -0.15) is 4.31 Å². The van der Waals surface area contributed by atoms with E-state index in [2.05, 4.69) is 10.2 Å². The van der Waals surface area contributed by atoms with Gasteiger partial charge < -0.3 is 19.7 Å². The van der Waals surface area contributed by atoms with Crippen LogP contribution < -0.4 is 15.0 Å². The van der Waals surface area contributed by atoms with Gasteiger partial charge in [0.2, 0.25) is 10.0 Å². The Hall–Kier alpha value is -2.62. The molecule has 2 aliphatic rings. The number of hydrogen-bond donors (Lipinski definition) is 1. The predicted octanol–water partition coefficient (Wildman–Crippen LogP) is 2.94. The summed E-state index contributed by atoms with van der Waals surface area (Å²) in [5, 5.41) is 2.89. The van der Waals surface area contributed by atoms with Crippen LogP contribution in [0.15, 0.2) is 41.3 Å². The Morgan fingerprint density at radius 3 is 2.48 bits per heavy atom. The van der Waals surface area contributed by atoms with Crippen molar-refractivity contribution in [3.8, 4) is 5.75 Å². The molecule has 0 unspecified atom stereocenters. The third kappa shape index (κ3) is 5.48. The monoisotopic (exact) mass is 473 g/mol. The fourth-order valence-electron chi connectivity index (χ4n) is 4.14. The minimum absolute atomic E-state index is 0.163. The van der Waals surface area contributed by atoms with Crippen LogP contribution in [0.2, 0.25) is 0 Å². The van der Waals surface area contributed by atoms with Crippen molar-refractivity contribution < 1.29 is 22.7 Å². The first-order valence-corrected chi connectivity index (χ1v) is 12.8. The number of aryl methyl sites for hydroxylation is 2. The Bertz CT molecular complexity index is 1110. The lowest BCUT2D eigenvalue weighted by Crippen LogP contribution is -2.40. The van der Waals surface area contributed by atoms with Crippen LogP contribution in [-0.2, 0) is 19.6 Å². The fraction of sp³-hybridized carbons (Fsp3) is 0.458. The van der Waals surface area contributed by atoms with E-state index in [4.69, 9.17) is 9.47 Å². The molecule has 0 radical (unpaired) electrons. The van der Waals surface area contributed by atoms with Gasteiger partial charge in [-0.3, -0.25) is 4.79 Å². The van der Waals surface area contributed by atoms with Gasteiger partial charge in [0.25, 0.3) is 5.91 Å². The Labute approximate surface area is 195 Å². The summed E-state index contributed by atoms with van der Waals surface area (Å²) in [4.78, 5) is 15.1. The predicted molar refractivity (Wildman–Crippen MR) is 128 cm³/mol. The Balaban J connectivity index is 1.55. The summed E-state index contributed by atoms with van der Waals surface area (Å²) in [6.45, 7) is 6.88. The number of nitrogens with zero attached hydrogens (tertiary/aromatic N) is 2. The second kappa shape index (κ2) is 10.1. The molecule has 2 saturated heterocycles. The van der Waals surface area contributed by atoms with E-state index in [9.17, 15) is 13.2 Å². The second-order valence-electron chi connectivity index (χ2n) is 8.50. The van der Waals surface area contributed by atoms with Crippen LogP contribution in [0, 0.1) is 13.8 Å². The number of morpholine rings is 1. The van der Waals surface area contributed by atoms with E-state index in [1.165, 1.54) is 4.31 Å². The Kier molecular flexibility index (Phi) is 7.21. The molecule has 4 rings (SSSR count). The first kappa shape index (κ1) is 23.5. The van der Waals surface area contributed by atoms with Crippen LogP contribution in [0.1, 0.15) is 24.0 Å². The Morgan fingerprint density at radius 2 is 1.76 bits per heavy atom. The molecule has 0 aromatic heterocycles. The molecule has 2 aromatic rings. The van der Waals surface area contributed by atoms with E-state index in [1.807, 2.05) is 32.0 Å². The molecule has 0 aliphatic carbocycles. The molecule has 1 N–H and O–H groups in total. The third-order valence-electron chi connectivity index (χ3n) is 6.00. The van der Waals surface area contributed by atoms with Crippen LogP contribution >= 0.6 is 0 Å². The first-order valence-electron chi connectivity index (χ1n) is 11.3. The average molecular weight is 474 g/mol. The van der Waals surface area contributed by atoms with E-state index < -0.39 is 10.0 Å². The van der Waals surface area contributed by atoms with Gasteiger partial charge in [0.15, 0.2) is 6.61 Å². The quantitative estimate of drug-likeness (QED) is 0.665. The SMILES string of the molecule is Cc1ccc(C)c(OCC(=O)Nc2cc(S(=O)(=O)N3CCOCC3)ccc2N2CCCC2)c1. The highest BCUT2D eigenvalue weighted by Gasteiger charge is 2.28. The van der Waals surface area contributed by atoms with Gasteiger partial charge in [0.05, 0.1) is 29.5 Å². The number of amides is 1. The summed E-state index contributed by atoms with van der Waals surface area (Å²) in [6.07, 6.45) is 2.13. The number of hydrogen-bond acceptors (Lipinski definition) is 6. The largest absolute Gasteiger partial charge is 0.483 e. The summed E-state index contributed by atoms with van der Waals surface area (Å²) in [5.74, 6) is 0.325. The van der Waals surface area contributed by atoms with E-state index in [-0.39, 0.29) is 17.4 Å². The second-order valence-corrected chi connectivity index (χ2v) is 10.4. The number of ether oxygens (including phenoxy) is 2. The summed E-state index contributed by atoms with van der Waals surface area (Å²) in [7, 11) is -3.67. The highest BCUT2D eigenvalue weighted by molar-refractivity contribution is 7.89. The van der Waals surface area contributed by atoms with Gasteiger partial charge in [0, 0.05) is 26.2 Å². The van der Waals surface area contributed by atoms with Crippen molar-refractivity contribution in [2.24, 2.45) is 0 Å². The van der Waals surface area contributed by atoms with Crippen LogP contribution in [0.4, 0.5) is 11.4 Å². The van der Waals surface area contributed by atoms with Gasteiger partial charge in [-0.1, -0.05) is 12.1 Å². The van der Waals surface area contributed by atoms with Crippen molar-refractivity contribution in [3.63, 3.8) is 0 Å². The van der Waals surface area contributed by atoms with Crippen molar-refractivity contribution in [1.82, 2.24) is 4.31 Å². The zero-order valence-corrected chi connectivity index (χ0v) is 20.0. The highest BCUT2D eigenvalue weighted by atomic mass is 32.2. The molecular weight excluding hydrogens is 442 g/mol. The van der Waals surface area contributed by atoms with E-state index in [0.717, 1.165) is 42.7 Å². The van der Waals surface area contributed by atoms with Crippen molar-refractivity contribution >= 4 is 27.3 Å². The van der Waals surface area contributed by atoms with Crippen LogP contribution in [0.3, 0.4) is 0 Å². The highest BCUT2D eigenvalue weighted by Crippen LogP contribution is 2.32. The molecule has 33 heavy (non-hydrogen) atoms. The number of benzene rings is 2. The van der Waals surface area contributed by atoms with Gasteiger partial charge in [-0.15, -0.1) is 0 Å². The van der Waals surface area contributed by atoms with Crippen LogP contribution in [0.5, 0.6) is 5.75 Å². The number of sulfonamides is 1. The Morgan fingerprint density at radius 1 is 1.03 bits per heavy atom. The maximum Gasteiger partial charge on any atom is 0.262 e. The molecule has 2 fully saturated rings. The minimum Gasteiger partial charge on any atom is -0.483 e. The first-order chi connectivity index (χ1) is 15.8. The van der Waals surface area contributed by atoms with Crippen molar-refractivity contribution in [2.45, 2.75) is 31.6 Å². The molecule has 178 valence electrons. The van der Waals surface area contributed by atoms with Crippen LogP contribution in [-0.4, -0.2) is 64.6 Å².